The number of rotatable bonds is 3. The van der Waals surface area contributed by atoms with Crippen molar-refractivity contribution in [2.75, 3.05) is 0 Å². The van der Waals surface area contributed by atoms with Gasteiger partial charge in [-0.25, -0.2) is 0 Å². The molecule has 0 aliphatic heterocycles. The standard InChI is InChI=1S/C11H16N.Li/c1-9(2)12-10(3)11-7-5-4-6-8-11;/h4-10H,1-3H3;/q-1;+1/t10-;/m0./s1. The predicted molar refractivity (Wildman–Crippen MR) is 53.4 cm³/mol. The molecule has 0 aliphatic carbocycles. The first kappa shape index (κ1) is 12.8. The van der Waals surface area contributed by atoms with Crippen LogP contribution in [0.3, 0.4) is 0 Å². The summed E-state index contributed by atoms with van der Waals surface area (Å²) in [5, 5.41) is 4.55. The number of benzene rings is 1. The van der Waals surface area contributed by atoms with Crippen LogP contribution in [0, 0.1) is 0 Å². The van der Waals surface area contributed by atoms with Gasteiger partial charge in [0.1, 0.15) is 0 Å². The van der Waals surface area contributed by atoms with Crippen LogP contribution >= 0.6 is 0 Å². The topological polar surface area (TPSA) is 14.1 Å². The molecule has 1 aromatic carbocycles. The Morgan fingerprint density at radius 2 is 1.54 bits per heavy atom. The monoisotopic (exact) mass is 169 g/mol. The van der Waals surface area contributed by atoms with E-state index < -0.39 is 0 Å². The van der Waals surface area contributed by atoms with Crippen molar-refractivity contribution >= 4 is 0 Å². The fourth-order valence-corrected chi connectivity index (χ4v) is 1.26. The van der Waals surface area contributed by atoms with Crippen LogP contribution in [0.15, 0.2) is 30.3 Å². The van der Waals surface area contributed by atoms with Crippen LogP contribution in [0.5, 0.6) is 0 Å². The summed E-state index contributed by atoms with van der Waals surface area (Å²) < 4.78 is 0. The van der Waals surface area contributed by atoms with Crippen LogP contribution in [-0.2, 0) is 0 Å². The summed E-state index contributed by atoms with van der Waals surface area (Å²) in [7, 11) is 0. The van der Waals surface area contributed by atoms with Gasteiger partial charge in [-0.15, -0.1) is 12.1 Å². The van der Waals surface area contributed by atoms with Crippen molar-refractivity contribution in [1.82, 2.24) is 0 Å². The number of hydrogen-bond acceptors (Lipinski definition) is 0. The summed E-state index contributed by atoms with van der Waals surface area (Å²) in [6, 6.07) is 11.1. The molecule has 0 saturated heterocycles. The van der Waals surface area contributed by atoms with Crippen LogP contribution in [0.4, 0.5) is 0 Å². The van der Waals surface area contributed by atoms with Crippen molar-refractivity contribution in [3.8, 4) is 0 Å². The van der Waals surface area contributed by atoms with Crippen molar-refractivity contribution in [3.05, 3.63) is 41.2 Å². The van der Waals surface area contributed by atoms with Crippen LogP contribution in [-0.4, -0.2) is 6.04 Å². The summed E-state index contributed by atoms with van der Waals surface area (Å²) in [6.07, 6.45) is 0. The van der Waals surface area contributed by atoms with Crippen LogP contribution in [0.1, 0.15) is 32.4 Å². The van der Waals surface area contributed by atoms with E-state index in [2.05, 4.69) is 50.4 Å². The van der Waals surface area contributed by atoms with E-state index in [1.54, 1.807) is 0 Å². The van der Waals surface area contributed by atoms with Gasteiger partial charge in [0.25, 0.3) is 0 Å². The smallest absolute Gasteiger partial charge is 0.654 e. The van der Waals surface area contributed by atoms with Crippen LogP contribution < -0.4 is 18.9 Å². The summed E-state index contributed by atoms with van der Waals surface area (Å²) in [5.41, 5.74) is 1.30. The molecule has 0 heterocycles. The second-order valence-electron chi connectivity index (χ2n) is 3.33. The van der Waals surface area contributed by atoms with Gasteiger partial charge in [0, 0.05) is 0 Å². The van der Waals surface area contributed by atoms with Gasteiger partial charge in [0.2, 0.25) is 0 Å². The van der Waals surface area contributed by atoms with Gasteiger partial charge < -0.3 is 5.32 Å². The Morgan fingerprint density at radius 3 is 2.00 bits per heavy atom. The summed E-state index contributed by atoms with van der Waals surface area (Å²) in [5.74, 6) is 0. The maximum Gasteiger partial charge on any atom is 1.00 e. The molecule has 1 nitrogen and oxygen atoms in total. The fraction of sp³-hybridized carbons (Fsp3) is 0.455. The van der Waals surface area contributed by atoms with E-state index in [1.807, 2.05) is 6.07 Å². The number of hydrogen-bond donors (Lipinski definition) is 0. The quantitative estimate of drug-likeness (QED) is 0.586. The van der Waals surface area contributed by atoms with E-state index in [4.69, 9.17) is 0 Å². The molecule has 0 aromatic heterocycles. The molecule has 1 rings (SSSR count). The first-order valence-corrected chi connectivity index (χ1v) is 4.45. The van der Waals surface area contributed by atoms with Gasteiger partial charge in [-0.2, -0.15) is 0 Å². The summed E-state index contributed by atoms with van der Waals surface area (Å²) in [4.78, 5) is 0. The normalized spacial score (nSPS) is 12.3. The Hall–Kier alpha value is -0.223. The molecule has 0 fully saturated rings. The zero-order valence-electron chi connectivity index (χ0n) is 8.99. The predicted octanol–water partition coefficient (Wildman–Crippen LogP) is 0.534. The minimum absolute atomic E-state index is 0. The second kappa shape index (κ2) is 6.26. The molecule has 2 heteroatoms. The Balaban J connectivity index is 0.00000144. The van der Waals surface area contributed by atoms with Gasteiger partial charge in [0.15, 0.2) is 0 Å². The molecule has 0 amide bonds. The van der Waals surface area contributed by atoms with Crippen molar-refractivity contribution in [3.63, 3.8) is 0 Å². The van der Waals surface area contributed by atoms with Crippen LogP contribution in [0.25, 0.3) is 5.32 Å². The van der Waals surface area contributed by atoms with E-state index in [-0.39, 0.29) is 18.9 Å². The molecular formula is C11H16LiN. The second-order valence-corrected chi connectivity index (χ2v) is 3.33. The van der Waals surface area contributed by atoms with Crippen molar-refractivity contribution < 1.29 is 18.9 Å². The molecule has 0 N–H and O–H groups in total. The fourth-order valence-electron chi connectivity index (χ4n) is 1.26. The third-order valence-electron chi connectivity index (χ3n) is 1.80. The molecule has 0 radical (unpaired) electrons. The van der Waals surface area contributed by atoms with Crippen LogP contribution in [0.2, 0.25) is 0 Å². The summed E-state index contributed by atoms with van der Waals surface area (Å²) >= 11 is 0. The Morgan fingerprint density at radius 1 is 1.00 bits per heavy atom. The average molecular weight is 169 g/mol. The van der Waals surface area contributed by atoms with Crippen molar-refractivity contribution in [2.24, 2.45) is 0 Å². The first-order chi connectivity index (χ1) is 5.70. The average Bonchev–Trinajstić information content (AvgIpc) is 2.05. The molecule has 13 heavy (non-hydrogen) atoms. The SMILES string of the molecule is CC(C)[N-][C@@H](C)c1ccccc1.[Li+]. The van der Waals surface area contributed by atoms with Crippen molar-refractivity contribution in [1.29, 1.82) is 0 Å². The Labute approximate surface area is 93.1 Å². The molecule has 0 aliphatic rings. The molecule has 0 unspecified atom stereocenters. The van der Waals surface area contributed by atoms with Gasteiger partial charge in [-0.3, -0.25) is 0 Å². The molecular weight excluding hydrogens is 153 g/mol. The van der Waals surface area contributed by atoms with E-state index in [9.17, 15) is 0 Å². The molecule has 0 saturated carbocycles. The summed E-state index contributed by atoms with van der Waals surface area (Å²) in [6.45, 7) is 6.36. The minimum atomic E-state index is 0. The molecule has 1 aromatic rings. The molecule has 0 spiro atoms. The van der Waals surface area contributed by atoms with Gasteiger partial charge in [0.05, 0.1) is 0 Å². The van der Waals surface area contributed by atoms with Crippen molar-refractivity contribution in [2.45, 2.75) is 32.9 Å². The Bertz CT molecular complexity index is 221. The third kappa shape index (κ3) is 4.52. The largest absolute Gasteiger partial charge is 1.00 e. The zero-order chi connectivity index (χ0) is 8.97. The number of nitrogens with zero attached hydrogens (tertiary/aromatic N) is 1. The van der Waals surface area contributed by atoms with E-state index in [1.165, 1.54) is 5.56 Å². The minimum Gasteiger partial charge on any atom is -0.654 e. The van der Waals surface area contributed by atoms with Gasteiger partial charge in [-0.05, 0) is 0 Å². The Kier molecular flexibility index (Phi) is 6.16. The molecule has 1 atom stereocenters. The third-order valence-corrected chi connectivity index (χ3v) is 1.80. The van der Waals surface area contributed by atoms with Gasteiger partial charge in [-0.1, -0.05) is 56.7 Å². The molecule has 66 valence electrons. The van der Waals surface area contributed by atoms with E-state index >= 15 is 0 Å². The van der Waals surface area contributed by atoms with E-state index in [0.29, 0.717) is 12.1 Å². The first-order valence-electron chi connectivity index (χ1n) is 4.45. The molecule has 0 bridgehead atoms. The zero-order valence-corrected chi connectivity index (χ0v) is 8.99. The van der Waals surface area contributed by atoms with Gasteiger partial charge >= 0.3 is 18.9 Å². The van der Waals surface area contributed by atoms with E-state index in [0.717, 1.165) is 0 Å². The maximum atomic E-state index is 4.55. The maximum absolute atomic E-state index is 4.55.